The number of esters is 2. The summed E-state index contributed by atoms with van der Waals surface area (Å²) < 4.78 is 10.9. The summed E-state index contributed by atoms with van der Waals surface area (Å²) in [4.78, 5) is 37.1. The second kappa shape index (κ2) is 8.98. The summed E-state index contributed by atoms with van der Waals surface area (Å²) in [6.07, 6.45) is 3.28. The molecule has 0 unspecified atom stereocenters. The van der Waals surface area contributed by atoms with Gasteiger partial charge in [-0.3, -0.25) is 0 Å². The number of rotatable bonds is 7. The van der Waals surface area contributed by atoms with E-state index in [4.69, 9.17) is 9.47 Å². The number of ether oxygens (including phenoxy) is 2. The maximum Gasteiger partial charge on any atom is 0.343 e. The Morgan fingerprint density at radius 3 is 2.61 bits per heavy atom. The van der Waals surface area contributed by atoms with E-state index in [1.54, 1.807) is 32.0 Å². The van der Waals surface area contributed by atoms with Crippen molar-refractivity contribution in [2.75, 3.05) is 24.8 Å². The normalized spacial score (nSPS) is 10.7. The van der Waals surface area contributed by atoms with E-state index in [0.717, 1.165) is 10.2 Å². The minimum Gasteiger partial charge on any atom is -0.462 e. The molecule has 146 valence electrons. The summed E-state index contributed by atoms with van der Waals surface area (Å²) in [7, 11) is 0. The van der Waals surface area contributed by atoms with Crippen molar-refractivity contribution in [3.05, 3.63) is 35.5 Å². The third kappa shape index (κ3) is 4.39. The number of nitrogens with one attached hydrogen (secondary N) is 1. The number of thiazole rings is 1. The summed E-state index contributed by atoms with van der Waals surface area (Å²) in [5.41, 5.74) is 1.41. The third-order valence-corrected chi connectivity index (χ3v) is 5.06. The summed E-state index contributed by atoms with van der Waals surface area (Å²) in [5.74, 6) is -0.567. The maximum absolute atomic E-state index is 12.2. The number of benzene rings is 1. The number of carbonyl (C=O) groups excluding carboxylic acids is 2. The van der Waals surface area contributed by atoms with E-state index >= 15 is 0 Å². The lowest BCUT2D eigenvalue weighted by molar-refractivity contribution is 0.0517. The molecular weight excluding hydrogens is 400 g/mol. The van der Waals surface area contributed by atoms with E-state index in [-0.39, 0.29) is 18.1 Å². The fourth-order valence-corrected chi connectivity index (χ4v) is 3.58. The highest BCUT2D eigenvalue weighted by atomic mass is 32.2. The molecule has 0 saturated carbocycles. The van der Waals surface area contributed by atoms with Gasteiger partial charge in [-0.1, -0.05) is 23.1 Å². The van der Waals surface area contributed by atoms with Gasteiger partial charge in [-0.2, -0.15) is 0 Å². The van der Waals surface area contributed by atoms with Crippen LogP contribution in [0.25, 0.3) is 10.2 Å². The molecule has 8 nitrogen and oxygen atoms in total. The second-order valence-electron chi connectivity index (χ2n) is 5.39. The van der Waals surface area contributed by atoms with Crippen LogP contribution in [0.5, 0.6) is 0 Å². The monoisotopic (exact) mass is 418 g/mol. The number of carbonyl (C=O) groups is 2. The van der Waals surface area contributed by atoms with Crippen LogP contribution in [0, 0.1) is 0 Å². The molecule has 0 amide bonds. The predicted molar refractivity (Wildman–Crippen MR) is 109 cm³/mol. The molecular formula is C18H18N4O4S2. The van der Waals surface area contributed by atoms with Gasteiger partial charge in [0.05, 0.1) is 29.0 Å². The van der Waals surface area contributed by atoms with Crippen LogP contribution < -0.4 is 5.32 Å². The molecule has 1 N–H and O–H groups in total. The zero-order valence-corrected chi connectivity index (χ0v) is 17.1. The Bertz CT molecular complexity index is 1020. The Labute approximate surface area is 169 Å². The van der Waals surface area contributed by atoms with E-state index < -0.39 is 5.97 Å². The first-order chi connectivity index (χ1) is 13.5. The largest absolute Gasteiger partial charge is 0.462 e. The first-order valence-corrected chi connectivity index (χ1v) is 10.5. The Hall–Kier alpha value is -2.72. The topological polar surface area (TPSA) is 103 Å². The average Bonchev–Trinajstić information content (AvgIpc) is 3.09. The molecule has 0 aliphatic heterocycles. The van der Waals surface area contributed by atoms with Gasteiger partial charge >= 0.3 is 11.9 Å². The van der Waals surface area contributed by atoms with E-state index in [9.17, 15) is 9.59 Å². The van der Waals surface area contributed by atoms with Gasteiger partial charge in [0.2, 0.25) is 0 Å². The molecule has 2 heterocycles. The smallest absolute Gasteiger partial charge is 0.343 e. The van der Waals surface area contributed by atoms with Crippen molar-refractivity contribution >= 4 is 56.2 Å². The molecule has 0 atom stereocenters. The minimum atomic E-state index is -0.511. The molecule has 3 aromatic rings. The molecule has 10 heteroatoms. The van der Waals surface area contributed by atoms with Gasteiger partial charge in [-0.15, -0.1) is 0 Å². The number of thioether (sulfide) groups is 1. The van der Waals surface area contributed by atoms with Crippen LogP contribution in [0.3, 0.4) is 0 Å². The van der Waals surface area contributed by atoms with Crippen LogP contribution in [-0.4, -0.2) is 46.4 Å². The van der Waals surface area contributed by atoms with Crippen LogP contribution in [0.15, 0.2) is 29.6 Å². The molecule has 0 spiro atoms. The molecule has 0 aliphatic rings. The van der Waals surface area contributed by atoms with Crippen molar-refractivity contribution in [2.24, 2.45) is 0 Å². The van der Waals surface area contributed by atoms with Gasteiger partial charge in [-0.05, 0) is 38.3 Å². The van der Waals surface area contributed by atoms with E-state index in [2.05, 4.69) is 20.3 Å². The lowest BCUT2D eigenvalue weighted by Gasteiger charge is -2.09. The fourth-order valence-electron chi connectivity index (χ4n) is 2.34. The lowest BCUT2D eigenvalue weighted by atomic mass is 10.2. The van der Waals surface area contributed by atoms with Gasteiger partial charge in [-0.25, -0.2) is 24.5 Å². The Morgan fingerprint density at radius 1 is 1.14 bits per heavy atom. The maximum atomic E-state index is 12.2. The van der Waals surface area contributed by atoms with Crippen LogP contribution in [0.2, 0.25) is 0 Å². The summed E-state index contributed by atoms with van der Waals surface area (Å²) in [6, 6.07) is 5.16. The van der Waals surface area contributed by atoms with Crippen molar-refractivity contribution < 1.29 is 19.1 Å². The molecule has 28 heavy (non-hydrogen) atoms. The number of fused-ring (bicyclic) bond motifs is 1. The predicted octanol–water partition coefficient (Wildman–Crippen LogP) is 3.91. The Morgan fingerprint density at radius 2 is 1.89 bits per heavy atom. The van der Waals surface area contributed by atoms with E-state index in [1.165, 1.54) is 29.3 Å². The second-order valence-corrected chi connectivity index (χ2v) is 7.19. The summed E-state index contributed by atoms with van der Waals surface area (Å²) in [5, 5.41) is 4.13. The Kier molecular flexibility index (Phi) is 6.42. The van der Waals surface area contributed by atoms with Crippen molar-refractivity contribution in [3.8, 4) is 0 Å². The first-order valence-electron chi connectivity index (χ1n) is 8.48. The van der Waals surface area contributed by atoms with E-state index in [1.807, 2.05) is 6.26 Å². The summed E-state index contributed by atoms with van der Waals surface area (Å²) >= 11 is 2.70. The number of aromatic nitrogens is 3. The van der Waals surface area contributed by atoms with Crippen molar-refractivity contribution in [1.29, 1.82) is 0 Å². The molecule has 0 radical (unpaired) electrons. The van der Waals surface area contributed by atoms with Gasteiger partial charge in [0.25, 0.3) is 0 Å². The molecule has 1 aromatic carbocycles. The van der Waals surface area contributed by atoms with Crippen molar-refractivity contribution in [2.45, 2.75) is 19.0 Å². The fraction of sp³-hybridized carbons (Fsp3) is 0.278. The van der Waals surface area contributed by atoms with Gasteiger partial charge < -0.3 is 14.8 Å². The quantitative estimate of drug-likeness (QED) is 0.347. The molecule has 0 saturated heterocycles. The molecule has 2 aromatic heterocycles. The van der Waals surface area contributed by atoms with Gasteiger partial charge in [0.1, 0.15) is 5.56 Å². The van der Waals surface area contributed by atoms with Crippen molar-refractivity contribution in [3.63, 3.8) is 0 Å². The van der Waals surface area contributed by atoms with Crippen LogP contribution >= 0.6 is 23.1 Å². The molecule has 0 bridgehead atoms. The lowest BCUT2D eigenvalue weighted by Crippen LogP contribution is -2.10. The molecule has 0 aliphatic carbocycles. The number of hydrogen-bond donors (Lipinski definition) is 1. The number of hydrogen-bond acceptors (Lipinski definition) is 10. The van der Waals surface area contributed by atoms with Crippen LogP contribution in [0.4, 0.5) is 10.9 Å². The standard InChI is InChI=1S/C18H18N4O4S2/c1-4-25-15(23)10-6-7-12-13(8-10)28-18(20-12)22-14-11(16(24)26-5-2)9-19-17(21-14)27-3/h6-9H,4-5H2,1-3H3,(H,19,20,21,22). The molecule has 3 rings (SSSR count). The minimum absolute atomic E-state index is 0.228. The van der Waals surface area contributed by atoms with Crippen molar-refractivity contribution in [1.82, 2.24) is 15.0 Å². The number of anilines is 2. The number of nitrogens with zero attached hydrogens (tertiary/aromatic N) is 3. The van der Waals surface area contributed by atoms with E-state index in [0.29, 0.717) is 28.3 Å². The highest BCUT2D eigenvalue weighted by molar-refractivity contribution is 7.98. The van der Waals surface area contributed by atoms with Crippen LogP contribution in [0.1, 0.15) is 34.6 Å². The first kappa shape index (κ1) is 20.0. The SMILES string of the molecule is CCOC(=O)c1ccc2nc(Nc3nc(SC)ncc3C(=O)OCC)sc2c1. The van der Waals surface area contributed by atoms with Crippen LogP contribution in [-0.2, 0) is 9.47 Å². The highest BCUT2D eigenvalue weighted by Crippen LogP contribution is 2.30. The third-order valence-electron chi connectivity index (χ3n) is 3.57. The average molecular weight is 419 g/mol. The Balaban J connectivity index is 1.93. The molecule has 0 fully saturated rings. The zero-order chi connectivity index (χ0) is 20.1. The summed E-state index contributed by atoms with van der Waals surface area (Å²) in [6.45, 7) is 4.06. The highest BCUT2D eigenvalue weighted by Gasteiger charge is 2.18. The van der Waals surface area contributed by atoms with Gasteiger partial charge in [0, 0.05) is 6.20 Å². The van der Waals surface area contributed by atoms with Gasteiger partial charge in [0.15, 0.2) is 16.1 Å². The zero-order valence-electron chi connectivity index (χ0n) is 15.5.